The van der Waals surface area contributed by atoms with Gasteiger partial charge in [0.2, 0.25) is 0 Å². The maximum absolute atomic E-state index is 9.31. The van der Waals surface area contributed by atoms with Crippen molar-refractivity contribution in [2.75, 3.05) is 19.7 Å². The summed E-state index contributed by atoms with van der Waals surface area (Å²) < 4.78 is 0. The molecule has 0 aliphatic rings. The van der Waals surface area contributed by atoms with Crippen molar-refractivity contribution in [1.82, 2.24) is 5.32 Å². The van der Waals surface area contributed by atoms with E-state index in [4.69, 9.17) is 5.11 Å². The Morgan fingerprint density at radius 1 is 1.45 bits per heavy atom. The van der Waals surface area contributed by atoms with E-state index >= 15 is 0 Å². The van der Waals surface area contributed by atoms with Crippen LogP contribution in [0.2, 0.25) is 0 Å². The van der Waals surface area contributed by atoms with Crippen molar-refractivity contribution in [3.8, 4) is 0 Å². The first-order chi connectivity index (χ1) is 5.12. The molecule has 0 saturated carbocycles. The van der Waals surface area contributed by atoms with Crippen molar-refractivity contribution in [1.29, 1.82) is 0 Å². The van der Waals surface area contributed by atoms with Crippen molar-refractivity contribution in [2.24, 2.45) is 0 Å². The number of hydrogen-bond donors (Lipinski definition) is 3. The Labute approximate surface area is 68.4 Å². The van der Waals surface area contributed by atoms with Crippen molar-refractivity contribution < 1.29 is 10.2 Å². The van der Waals surface area contributed by atoms with Gasteiger partial charge in [0.25, 0.3) is 0 Å². The Kier molecular flexibility index (Phi) is 5.46. The third kappa shape index (κ3) is 6.28. The molecular weight excluding hydrogens is 142 g/mol. The summed E-state index contributed by atoms with van der Waals surface area (Å²) in [5, 5.41) is 21.0. The molecule has 3 nitrogen and oxygen atoms in total. The molecule has 1 unspecified atom stereocenters. The molecule has 68 valence electrons. The highest BCUT2D eigenvalue weighted by atomic mass is 16.3. The van der Waals surface area contributed by atoms with E-state index in [1.54, 1.807) is 6.92 Å². The monoisotopic (exact) mass is 161 g/mol. The molecule has 0 spiro atoms. The molecule has 0 aliphatic carbocycles. The van der Waals surface area contributed by atoms with Crippen LogP contribution < -0.4 is 5.32 Å². The largest absolute Gasteiger partial charge is 0.393 e. The van der Waals surface area contributed by atoms with E-state index in [9.17, 15) is 5.11 Å². The quantitative estimate of drug-likeness (QED) is 0.485. The Bertz CT molecular complexity index is 94.1. The SMILES string of the molecule is CCCCNCC(C)(O)CO. The van der Waals surface area contributed by atoms with Crippen molar-refractivity contribution in [2.45, 2.75) is 32.3 Å². The molecule has 0 radical (unpaired) electrons. The van der Waals surface area contributed by atoms with E-state index in [1.165, 1.54) is 0 Å². The number of aliphatic hydroxyl groups is 2. The summed E-state index contributed by atoms with van der Waals surface area (Å²) in [5.41, 5.74) is -0.965. The van der Waals surface area contributed by atoms with Gasteiger partial charge in [-0.3, -0.25) is 0 Å². The normalized spacial score (nSPS) is 16.4. The molecule has 0 saturated heterocycles. The van der Waals surface area contributed by atoms with Crippen molar-refractivity contribution in [3.05, 3.63) is 0 Å². The van der Waals surface area contributed by atoms with E-state index in [-0.39, 0.29) is 6.61 Å². The fraction of sp³-hybridized carbons (Fsp3) is 1.00. The lowest BCUT2D eigenvalue weighted by Gasteiger charge is -2.20. The van der Waals surface area contributed by atoms with E-state index in [0.29, 0.717) is 6.54 Å². The number of hydrogen-bond acceptors (Lipinski definition) is 3. The summed E-state index contributed by atoms with van der Waals surface area (Å²) in [6.45, 7) is 4.92. The van der Waals surface area contributed by atoms with Crippen LogP contribution in [-0.2, 0) is 0 Å². The third-order valence-corrected chi connectivity index (χ3v) is 1.55. The molecule has 0 aliphatic heterocycles. The standard InChI is InChI=1S/C8H19NO2/c1-3-4-5-9-6-8(2,11)7-10/h9-11H,3-7H2,1-2H3. The zero-order valence-electron chi connectivity index (χ0n) is 7.43. The zero-order chi connectivity index (χ0) is 8.74. The second-order valence-corrected chi connectivity index (χ2v) is 3.19. The molecule has 0 amide bonds. The van der Waals surface area contributed by atoms with Gasteiger partial charge in [-0.2, -0.15) is 0 Å². The highest BCUT2D eigenvalue weighted by molar-refractivity contribution is 4.73. The van der Waals surface area contributed by atoms with Crippen LogP contribution in [0.3, 0.4) is 0 Å². The van der Waals surface area contributed by atoms with Gasteiger partial charge in [-0.15, -0.1) is 0 Å². The first-order valence-corrected chi connectivity index (χ1v) is 4.16. The van der Waals surface area contributed by atoms with Crippen LogP contribution in [0.1, 0.15) is 26.7 Å². The van der Waals surface area contributed by atoms with Crippen molar-refractivity contribution >= 4 is 0 Å². The minimum absolute atomic E-state index is 0.188. The van der Waals surface area contributed by atoms with Gasteiger partial charge in [0.05, 0.1) is 12.2 Å². The van der Waals surface area contributed by atoms with Gasteiger partial charge in [-0.25, -0.2) is 0 Å². The molecule has 11 heavy (non-hydrogen) atoms. The lowest BCUT2D eigenvalue weighted by Crippen LogP contribution is -2.41. The highest BCUT2D eigenvalue weighted by Gasteiger charge is 2.17. The van der Waals surface area contributed by atoms with E-state index in [2.05, 4.69) is 12.2 Å². The molecule has 3 N–H and O–H groups in total. The van der Waals surface area contributed by atoms with Crippen LogP contribution >= 0.6 is 0 Å². The lowest BCUT2D eigenvalue weighted by molar-refractivity contribution is 0.00288. The van der Waals surface area contributed by atoms with Crippen LogP contribution in [-0.4, -0.2) is 35.5 Å². The molecule has 3 heteroatoms. The summed E-state index contributed by atoms with van der Waals surface area (Å²) in [6.07, 6.45) is 2.26. The summed E-state index contributed by atoms with van der Waals surface area (Å²) >= 11 is 0. The second kappa shape index (κ2) is 5.52. The zero-order valence-corrected chi connectivity index (χ0v) is 7.43. The van der Waals surface area contributed by atoms with Crippen LogP contribution in [0.4, 0.5) is 0 Å². The van der Waals surface area contributed by atoms with Gasteiger partial charge < -0.3 is 15.5 Å². The molecule has 0 aromatic carbocycles. The summed E-state index contributed by atoms with van der Waals surface area (Å²) in [6, 6.07) is 0. The first-order valence-electron chi connectivity index (χ1n) is 4.16. The topological polar surface area (TPSA) is 52.5 Å². The van der Waals surface area contributed by atoms with Gasteiger partial charge in [-0.05, 0) is 19.9 Å². The molecule has 1 atom stereocenters. The average molecular weight is 161 g/mol. The van der Waals surface area contributed by atoms with Gasteiger partial charge in [0, 0.05) is 6.54 Å². The van der Waals surface area contributed by atoms with E-state index < -0.39 is 5.60 Å². The van der Waals surface area contributed by atoms with Gasteiger partial charge in [-0.1, -0.05) is 13.3 Å². The van der Waals surface area contributed by atoms with Gasteiger partial charge in [0.1, 0.15) is 0 Å². The van der Waals surface area contributed by atoms with Crippen LogP contribution in [0, 0.1) is 0 Å². The Hall–Kier alpha value is -0.120. The third-order valence-electron chi connectivity index (χ3n) is 1.55. The van der Waals surface area contributed by atoms with Gasteiger partial charge in [0.15, 0.2) is 0 Å². The number of nitrogens with one attached hydrogen (secondary N) is 1. The van der Waals surface area contributed by atoms with Crippen LogP contribution in [0.15, 0.2) is 0 Å². The minimum atomic E-state index is -0.965. The lowest BCUT2D eigenvalue weighted by atomic mass is 10.1. The average Bonchev–Trinajstić information content (AvgIpc) is 1.99. The van der Waals surface area contributed by atoms with E-state index in [0.717, 1.165) is 19.4 Å². The van der Waals surface area contributed by atoms with Crippen LogP contribution in [0.5, 0.6) is 0 Å². The summed E-state index contributed by atoms with van der Waals surface area (Å²) in [7, 11) is 0. The number of aliphatic hydroxyl groups excluding tert-OH is 1. The maximum atomic E-state index is 9.31. The first kappa shape index (κ1) is 10.9. The predicted molar refractivity (Wildman–Crippen MR) is 45.5 cm³/mol. The summed E-state index contributed by atoms with van der Waals surface area (Å²) in [4.78, 5) is 0. The molecule has 0 heterocycles. The molecule has 0 aromatic rings. The Balaban J connectivity index is 3.23. The predicted octanol–water partition coefficient (Wildman–Crippen LogP) is 0.119. The van der Waals surface area contributed by atoms with Crippen molar-refractivity contribution in [3.63, 3.8) is 0 Å². The molecule has 0 rings (SSSR count). The second-order valence-electron chi connectivity index (χ2n) is 3.19. The number of unbranched alkanes of at least 4 members (excludes halogenated alkanes) is 1. The van der Waals surface area contributed by atoms with Crippen LogP contribution in [0.25, 0.3) is 0 Å². The molecule has 0 aromatic heterocycles. The Morgan fingerprint density at radius 3 is 2.55 bits per heavy atom. The molecule has 0 fully saturated rings. The smallest absolute Gasteiger partial charge is 0.0972 e. The molecule has 0 bridgehead atoms. The Morgan fingerprint density at radius 2 is 2.09 bits per heavy atom. The minimum Gasteiger partial charge on any atom is -0.393 e. The van der Waals surface area contributed by atoms with Gasteiger partial charge >= 0.3 is 0 Å². The van der Waals surface area contributed by atoms with E-state index in [1.807, 2.05) is 0 Å². The highest BCUT2D eigenvalue weighted by Crippen LogP contribution is 1.98. The number of rotatable bonds is 6. The molecular formula is C8H19NO2. The maximum Gasteiger partial charge on any atom is 0.0972 e. The fourth-order valence-electron chi connectivity index (χ4n) is 0.715. The fourth-order valence-corrected chi connectivity index (χ4v) is 0.715. The summed E-state index contributed by atoms with van der Waals surface area (Å²) in [5.74, 6) is 0.